The van der Waals surface area contributed by atoms with Crippen LogP contribution in [0.2, 0.25) is 0 Å². The molecule has 1 aliphatic heterocycles. The second-order valence-corrected chi connectivity index (χ2v) is 11.2. The summed E-state index contributed by atoms with van der Waals surface area (Å²) >= 11 is 0. The van der Waals surface area contributed by atoms with Crippen molar-refractivity contribution in [1.29, 1.82) is 0 Å². The molecule has 0 unspecified atom stereocenters. The Morgan fingerprint density at radius 3 is 1.92 bits per heavy atom. The van der Waals surface area contributed by atoms with Crippen LogP contribution < -0.4 is 4.74 Å². The number of benzene rings is 2. The van der Waals surface area contributed by atoms with E-state index in [1.807, 2.05) is 0 Å². The minimum absolute atomic E-state index is 0.0849. The average molecular weight is 521 g/mol. The van der Waals surface area contributed by atoms with Gasteiger partial charge in [-0.15, -0.1) is 0 Å². The van der Waals surface area contributed by atoms with Crippen LogP contribution in [-0.2, 0) is 9.47 Å². The Balaban J connectivity index is 1.11. The second-order valence-electron chi connectivity index (χ2n) is 11.2. The molecule has 2 aromatic carbocycles. The molecule has 0 amide bonds. The van der Waals surface area contributed by atoms with Gasteiger partial charge in [0, 0.05) is 23.5 Å². The molecule has 0 spiro atoms. The molecule has 2 aromatic rings. The Morgan fingerprint density at radius 1 is 0.757 bits per heavy atom. The van der Waals surface area contributed by atoms with Crippen LogP contribution in [0.5, 0.6) is 5.75 Å². The normalized spacial score (nSPS) is 31.2. The summed E-state index contributed by atoms with van der Waals surface area (Å²) in [5.74, 6) is -0.267. The maximum Gasteiger partial charge on any atom is 0.400 e. The highest BCUT2D eigenvalue weighted by atomic mass is 19.3. The molecule has 0 N–H and O–H groups in total. The van der Waals surface area contributed by atoms with Gasteiger partial charge in [0.1, 0.15) is 17.4 Å². The summed E-state index contributed by atoms with van der Waals surface area (Å²) in [5.41, 5.74) is 0.681. The fraction of sp³-hybridized carbons (Fsp3) is 0.600. The van der Waals surface area contributed by atoms with Gasteiger partial charge in [-0.3, -0.25) is 0 Å². The Kier molecular flexibility index (Phi) is 8.10. The van der Waals surface area contributed by atoms with E-state index >= 15 is 8.78 Å². The van der Waals surface area contributed by atoms with E-state index in [1.54, 1.807) is 0 Å². The van der Waals surface area contributed by atoms with E-state index in [9.17, 15) is 8.78 Å². The predicted octanol–water partition coefficient (Wildman–Crippen LogP) is 8.23. The molecule has 1 heterocycles. The van der Waals surface area contributed by atoms with Gasteiger partial charge in [-0.25, -0.2) is 8.78 Å². The second kappa shape index (κ2) is 11.3. The van der Waals surface area contributed by atoms with Gasteiger partial charge >= 0.3 is 6.11 Å². The van der Waals surface area contributed by atoms with Gasteiger partial charge in [0.2, 0.25) is 0 Å². The van der Waals surface area contributed by atoms with Gasteiger partial charge in [-0.05, 0) is 93.0 Å². The van der Waals surface area contributed by atoms with Crippen molar-refractivity contribution in [2.24, 2.45) is 29.6 Å². The molecule has 202 valence electrons. The third-order valence-electron chi connectivity index (χ3n) is 8.55. The lowest BCUT2D eigenvalue weighted by Gasteiger charge is -2.41. The smallest absolute Gasteiger partial charge is 0.400 e. The zero-order chi connectivity index (χ0) is 26.0. The van der Waals surface area contributed by atoms with Crippen LogP contribution in [0.15, 0.2) is 42.5 Å². The highest BCUT2D eigenvalue weighted by Crippen LogP contribution is 2.46. The summed E-state index contributed by atoms with van der Waals surface area (Å²) < 4.78 is 74.7. The van der Waals surface area contributed by atoms with E-state index in [4.69, 9.17) is 14.2 Å². The molecular weight excluding hydrogens is 484 g/mol. The lowest BCUT2D eigenvalue weighted by atomic mass is 9.69. The van der Waals surface area contributed by atoms with Gasteiger partial charge in [-0.2, -0.15) is 8.78 Å². The Labute approximate surface area is 216 Å². The van der Waals surface area contributed by atoms with Crippen molar-refractivity contribution in [3.8, 4) is 16.9 Å². The lowest BCUT2D eigenvalue weighted by Crippen LogP contribution is -2.40. The molecule has 0 atom stereocenters. The Bertz CT molecular complexity index is 1020. The quantitative estimate of drug-likeness (QED) is 0.359. The van der Waals surface area contributed by atoms with Crippen LogP contribution in [0.25, 0.3) is 11.1 Å². The zero-order valence-electron chi connectivity index (χ0n) is 21.3. The SMILES string of the molecule is CC1COC(C2CCC(C3CCC(C(F)(F)Oc4ccc(-c5ccc(F)cc5)c(F)c4)CC3)CC2)OC1. The molecule has 2 aliphatic carbocycles. The maximum atomic E-state index is 15.0. The largest absolute Gasteiger partial charge is 0.432 e. The first-order valence-corrected chi connectivity index (χ1v) is 13.6. The number of halogens is 4. The maximum absolute atomic E-state index is 15.0. The Morgan fingerprint density at radius 2 is 1.32 bits per heavy atom. The Hall–Kier alpha value is -2.12. The first-order chi connectivity index (χ1) is 17.8. The molecule has 7 heteroatoms. The average Bonchev–Trinajstić information content (AvgIpc) is 2.90. The van der Waals surface area contributed by atoms with Crippen molar-refractivity contribution >= 4 is 0 Å². The van der Waals surface area contributed by atoms with Gasteiger partial charge in [0.05, 0.1) is 19.1 Å². The van der Waals surface area contributed by atoms with Crippen LogP contribution >= 0.6 is 0 Å². The van der Waals surface area contributed by atoms with Crippen LogP contribution in [0.1, 0.15) is 58.3 Å². The van der Waals surface area contributed by atoms with E-state index in [2.05, 4.69) is 6.92 Å². The fourth-order valence-corrected chi connectivity index (χ4v) is 6.37. The van der Waals surface area contributed by atoms with Gasteiger partial charge in [-0.1, -0.05) is 19.1 Å². The van der Waals surface area contributed by atoms with E-state index in [1.165, 1.54) is 36.4 Å². The number of alkyl halides is 2. The number of rotatable bonds is 6. The van der Waals surface area contributed by atoms with Crippen molar-refractivity contribution in [1.82, 2.24) is 0 Å². The standard InChI is InChI=1S/C30H36F4O3/c1-19-17-35-29(36-18-19)23-4-2-20(3-5-23)21-6-10-24(11-7-21)30(33,34)37-26-14-15-27(28(32)16-26)22-8-12-25(31)13-9-22/h8-9,12-16,19-21,23-24,29H,2-7,10-11,17-18H2,1H3. The van der Waals surface area contributed by atoms with Crippen molar-refractivity contribution in [3.63, 3.8) is 0 Å². The minimum atomic E-state index is -3.36. The van der Waals surface area contributed by atoms with Crippen molar-refractivity contribution in [2.45, 2.75) is 70.7 Å². The molecule has 0 radical (unpaired) electrons. The molecule has 3 aliphatic rings. The van der Waals surface area contributed by atoms with Crippen LogP contribution in [0.4, 0.5) is 17.6 Å². The summed E-state index contributed by atoms with van der Waals surface area (Å²) in [6, 6.07) is 9.09. The lowest BCUT2D eigenvalue weighted by molar-refractivity contribution is -0.229. The molecule has 1 saturated heterocycles. The molecule has 3 fully saturated rings. The summed E-state index contributed by atoms with van der Waals surface area (Å²) in [4.78, 5) is 0. The molecular formula is C30H36F4O3. The molecule has 0 bridgehead atoms. The summed E-state index contributed by atoms with van der Waals surface area (Å²) in [6.45, 7) is 3.65. The van der Waals surface area contributed by atoms with E-state index in [0.717, 1.165) is 57.8 Å². The number of hydrogen-bond donors (Lipinski definition) is 0. The van der Waals surface area contributed by atoms with Crippen molar-refractivity contribution < 1.29 is 31.8 Å². The molecule has 2 saturated carbocycles. The molecule has 37 heavy (non-hydrogen) atoms. The van der Waals surface area contributed by atoms with E-state index in [0.29, 0.717) is 42.1 Å². The first-order valence-electron chi connectivity index (χ1n) is 13.6. The summed E-state index contributed by atoms with van der Waals surface area (Å²) in [6.07, 6.45) is 3.25. The van der Waals surface area contributed by atoms with Crippen LogP contribution in [0.3, 0.4) is 0 Å². The van der Waals surface area contributed by atoms with Gasteiger partial charge in [0.25, 0.3) is 0 Å². The topological polar surface area (TPSA) is 27.7 Å². The van der Waals surface area contributed by atoms with Crippen molar-refractivity contribution in [3.05, 3.63) is 54.1 Å². The highest BCUT2D eigenvalue weighted by molar-refractivity contribution is 5.64. The van der Waals surface area contributed by atoms with Crippen LogP contribution in [0, 0.1) is 41.2 Å². The van der Waals surface area contributed by atoms with Crippen molar-refractivity contribution in [2.75, 3.05) is 13.2 Å². The molecule has 3 nitrogen and oxygen atoms in total. The monoisotopic (exact) mass is 520 g/mol. The minimum Gasteiger partial charge on any atom is -0.432 e. The van der Waals surface area contributed by atoms with E-state index in [-0.39, 0.29) is 17.6 Å². The summed E-state index contributed by atoms with van der Waals surface area (Å²) in [7, 11) is 0. The van der Waals surface area contributed by atoms with E-state index < -0.39 is 23.7 Å². The van der Waals surface area contributed by atoms with Gasteiger partial charge < -0.3 is 14.2 Å². The third-order valence-corrected chi connectivity index (χ3v) is 8.55. The van der Waals surface area contributed by atoms with Gasteiger partial charge in [0.15, 0.2) is 6.29 Å². The fourth-order valence-electron chi connectivity index (χ4n) is 6.37. The molecule has 5 rings (SSSR count). The summed E-state index contributed by atoms with van der Waals surface area (Å²) in [5, 5.41) is 0. The predicted molar refractivity (Wildman–Crippen MR) is 133 cm³/mol. The number of hydrogen-bond acceptors (Lipinski definition) is 3. The zero-order valence-corrected chi connectivity index (χ0v) is 21.3. The molecule has 0 aromatic heterocycles. The highest BCUT2D eigenvalue weighted by Gasteiger charge is 2.45. The number of ether oxygens (including phenoxy) is 3. The van der Waals surface area contributed by atoms with Crippen LogP contribution in [-0.4, -0.2) is 25.6 Å². The third kappa shape index (κ3) is 6.31. The first kappa shape index (κ1) is 26.5.